The second-order valence-electron chi connectivity index (χ2n) is 4.56. The highest BCUT2D eigenvalue weighted by Crippen LogP contribution is 2.08. The van der Waals surface area contributed by atoms with Gasteiger partial charge in [0.15, 0.2) is 0 Å². The lowest BCUT2D eigenvalue weighted by Crippen LogP contribution is -2.36. The summed E-state index contributed by atoms with van der Waals surface area (Å²) in [7, 11) is 0. The smallest absolute Gasteiger partial charge is 0.241 e. The maximum atomic E-state index is 11.9. The number of nitrogens with one attached hydrogen (secondary N) is 1. The first-order chi connectivity index (χ1) is 9.19. The molecule has 0 aliphatic carbocycles. The van der Waals surface area contributed by atoms with Gasteiger partial charge in [0.1, 0.15) is 6.04 Å². The zero-order valence-corrected chi connectivity index (χ0v) is 11.9. The summed E-state index contributed by atoms with van der Waals surface area (Å²) in [4.78, 5) is 14.2. The summed E-state index contributed by atoms with van der Waals surface area (Å²) in [6.07, 6.45) is 0.953. The minimum atomic E-state index is -0.574. The molecule has 0 saturated heterocycles. The summed E-state index contributed by atoms with van der Waals surface area (Å²) in [5.74, 6) is -0.106. The van der Waals surface area contributed by atoms with Crippen molar-refractivity contribution < 1.29 is 4.79 Å². The highest BCUT2D eigenvalue weighted by molar-refractivity contribution is 5.82. The Labute approximate surface area is 116 Å². The van der Waals surface area contributed by atoms with E-state index in [4.69, 9.17) is 5.73 Å². The molecule has 106 valence electrons. The van der Waals surface area contributed by atoms with Crippen LogP contribution in [0.15, 0.2) is 30.3 Å². The van der Waals surface area contributed by atoms with Gasteiger partial charge in [-0.3, -0.25) is 4.79 Å². The van der Waals surface area contributed by atoms with E-state index in [1.807, 2.05) is 30.3 Å². The van der Waals surface area contributed by atoms with Crippen molar-refractivity contribution in [3.05, 3.63) is 35.9 Å². The SMILES string of the molecule is CCN(CC)CCCNC(=O)C(N)c1ccccc1. The molecule has 0 saturated carbocycles. The molecule has 4 nitrogen and oxygen atoms in total. The van der Waals surface area contributed by atoms with Crippen LogP contribution >= 0.6 is 0 Å². The first-order valence-corrected chi connectivity index (χ1v) is 6.99. The lowest BCUT2D eigenvalue weighted by atomic mass is 10.1. The molecular weight excluding hydrogens is 238 g/mol. The van der Waals surface area contributed by atoms with E-state index in [-0.39, 0.29) is 5.91 Å². The van der Waals surface area contributed by atoms with E-state index >= 15 is 0 Å². The molecule has 1 aromatic rings. The number of benzene rings is 1. The van der Waals surface area contributed by atoms with Crippen LogP contribution < -0.4 is 11.1 Å². The van der Waals surface area contributed by atoms with Crippen molar-refractivity contribution in [1.82, 2.24) is 10.2 Å². The van der Waals surface area contributed by atoms with Crippen molar-refractivity contribution in [3.63, 3.8) is 0 Å². The molecule has 1 atom stereocenters. The standard InChI is InChI=1S/C15H25N3O/c1-3-18(4-2)12-8-11-17-15(19)14(16)13-9-6-5-7-10-13/h5-7,9-10,14H,3-4,8,11-12,16H2,1-2H3,(H,17,19). The number of nitrogens with two attached hydrogens (primary N) is 1. The Morgan fingerprint density at radius 2 is 1.89 bits per heavy atom. The van der Waals surface area contributed by atoms with E-state index in [0.29, 0.717) is 6.54 Å². The van der Waals surface area contributed by atoms with Gasteiger partial charge in [-0.05, 0) is 31.6 Å². The lowest BCUT2D eigenvalue weighted by Gasteiger charge is -2.18. The normalized spacial score (nSPS) is 12.4. The average molecular weight is 263 g/mol. The highest BCUT2D eigenvalue weighted by atomic mass is 16.2. The Hall–Kier alpha value is -1.39. The molecule has 0 spiro atoms. The van der Waals surface area contributed by atoms with E-state index in [9.17, 15) is 4.79 Å². The quantitative estimate of drug-likeness (QED) is 0.699. The minimum absolute atomic E-state index is 0.106. The van der Waals surface area contributed by atoms with Crippen molar-refractivity contribution in [2.75, 3.05) is 26.2 Å². The van der Waals surface area contributed by atoms with Crippen LogP contribution in [0.1, 0.15) is 31.9 Å². The van der Waals surface area contributed by atoms with E-state index in [2.05, 4.69) is 24.1 Å². The van der Waals surface area contributed by atoms with Crippen molar-refractivity contribution in [1.29, 1.82) is 0 Å². The summed E-state index contributed by atoms with van der Waals surface area (Å²) in [6, 6.07) is 8.87. The van der Waals surface area contributed by atoms with Crippen LogP contribution in [-0.2, 0) is 4.79 Å². The third-order valence-electron chi connectivity index (χ3n) is 3.29. The van der Waals surface area contributed by atoms with E-state index in [0.717, 1.165) is 31.6 Å². The van der Waals surface area contributed by atoms with Gasteiger partial charge in [0.2, 0.25) is 5.91 Å². The zero-order valence-electron chi connectivity index (χ0n) is 11.9. The predicted octanol–water partition coefficient (Wildman–Crippen LogP) is 1.53. The molecule has 0 fully saturated rings. The number of rotatable bonds is 8. The molecule has 1 rings (SSSR count). The fraction of sp³-hybridized carbons (Fsp3) is 0.533. The molecule has 4 heteroatoms. The Bertz CT molecular complexity index is 363. The molecule has 19 heavy (non-hydrogen) atoms. The number of amides is 1. The highest BCUT2D eigenvalue weighted by Gasteiger charge is 2.14. The van der Waals surface area contributed by atoms with Gasteiger partial charge in [-0.2, -0.15) is 0 Å². The molecule has 0 aromatic heterocycles. The number of carbonyl (C=O) groups is 1. The maximum Gasteiger partial charge on any atom is 0.241 e. The van der Waals surface area contributed by atoms with Crippen LogP contribution in [0.4, 0.5) is 0 Å². The maximum absolute atomic E-state index is 11.9. The summed E-state index contributed by atoms with van der Waals surface area (Å²) < 4.78 is 0. The first-order valence-electron chi connectivity index (χ1n) is 6.99. The van der Waals surface area contributed by atoms with Crippen LogP contribution in [-0.4, -0.2) is 37.0 Å². The van der Waals surface area contributed by atoms with Crippen LogP contribution in [0.5, 0.6) is 0 Å². The number of carbonyl (C=O) groups excluding carboxylic acids is 1. The topological polar surface area (TPSA) is 58.4 Å². The van der Waals surface area contributed by atoms with E-state index in [1.54, 1.807) is 0 Å². The summed E-state index contributed by atoms with van der Waals surface area (Å²) in [5.41, 5.74) is 6.76. The number of hydrogen-bond acceptors (Lipinski definition) is 3. The molecule has 0 aliphatic rings. The van der Waals surface area contributed by atoms with Crippen LogP contribution in [0.3, 0.4) is 0 Å². The van der Waals surface area contributed by atoms with Crippen LogP contribution in [0.2, 0.25) is 0 Å². The van der Waals surface area contributed by atoms with Gasteiger partial charge in [0.25, 0.3) is 0 Å². The van der Waals surface area contributed by atoms with Crippen LogP contribution in [0, 0.1) is 0 Å². The zero-order chi connectivity index (χ0) is 14.1. The van der Waals surface area contributed by atoms with Gasteiger partial charge >= 0.3 is 0 Å². The summed E-state index contributed by atoms with van der Waals surface area (Å²) in [5, 5.41) is 2.89. The summed E-state index contributed by atoms with van der Waals surface area (Å²) >= 11 is 0. The predicted molar refractivity (Wildman–Crippen MR) is 78.8 cm³/mol. The Balaban J connectivity index is 2.28. The Kier molecular flexibility index (Phi) is 7.15. The van der Waals surface area contributed by atoms with Gasteiger partial charge in [0, 0.05) is 6.54 Å². The molecule has 3 N–H and O–H groups in total. The molecule has 0 radical (unpaired) electrons. The largest absolute Gasteiger partial charge is 0.354 e. The monoisotopic (exact) mass is 263 g/mol. The van der Waals surface area contributed by atoms with Crippen LogP contribution in [0.25, 0.3) is 0 Å². The molecular formula is C15H25N3O. The molecule has 1 aromatic carbocycles. The first kappa shape index (κ1) is 15.7. The Morgan fingerprint density at radius 3 is 2.47 bits per heavy atom. The van der Waals surface area contributed by atoms with Gasteiger partial charge in [-0.1, -0.05) is 44.2 Å². The second-order valence-corrected chi connectivity index (χ2v) is 4.56. The van der Waals surface area contributed by atoms with E-state index in [1.165, 1.54) is 0 Å². The fourth-order valence-corrected chi connectivity index (χ4v) is 1.98. The third kappa shape index (κ3) is 5.41. The van der Waals surface area contributed by atoms with Crippen molar-refractivity contribution in [2.24, 2.45) is 5.73 Å². The Morgan fingerprint density at radius 1 is 1.26 bits per heavy atom. The minimum Gasteiger partial charge on any atom is -0.354 e. The lowest BCUT2D eigenvalue weighted by molar-refractivity contribution is -0.122. The summed E-state index contributed by atoms with van der Waals surface area (Å²) in [6.45, 7) is 8.08. The molecule has 1 unspecified atom stereocenters. The average Bonchev–Trinajstić information content (AvgIpc) is 2.47. The molecule has 0 heterocycles. The molecule has 0 bridgehead atoms. The molecule has 1 amide bonds. The van der Waals surface area contributed by atoms with Gasteiger partial charge in [-0.15, -0.1) is 0 Å². The molecule has 0 aliphatic heterocycles. The van der Waals surface area contributed by atoms with Gasteiger partial charge in [-0.25, -0.2) is 0 Å². The van der Waals surface area contributed by atoms with Crippen molar-refractivity contribution >= 4 is 5.91 Å². The fourth-order valence-electron chi connectivity index (χ4n) is 1.98. The third-order valence-corrected chi connectivity index (χ3v) is 3.29. The second kappa shape index (κ2) is 8.67. The van der Waals surface area contributed by atoms with Crippen molar-refractivity contribution in [3.8, 4) is 0 Å². The number of nitrogens with zero attached hydrogens (tertiary/aromatic N) is 1. The van der Waals surface area contributed by atoms with Crippen molar-refractivity contribution in [2.45, 2.75) is 26.3 Å². The van der Waals surface area contributed by atoms with E-state index < -0.39 is 6.04 Å². The van der Waals surface area contributed by atoms with Gasteiger partial charge in [0.05, 0.1) is 0 Å². The number of hydrogen-bond donors (Lipinski definition) is 2. The van der Waals surface area contributed by atoms with Gasteiger partial charge < -0.3 is 16.0 Å².